The van der Waals surface area contributed by atoms with Gasteiger partial charge in [-0.15, -0.1) is 0 Å². The van der Waals surface area contributed by atoms with Crippen molar-refractivity contribution in [3.63, 3.8) is 0 Å². The van der Waals surface area contributed by atoms with E-state index in [1.807, 2.05) is 49.4 Å². The highest BCUT2D eigenvalue weighted by atomic mass is 16.5. The van der Waals surface area contributed by atoms with Gasteiger partial charge in [0.25, 0.3) is 0 Å². The topological polar surface area (TPSA) is 53.3 Å². The smallest absolute Gasteiger partial charge is 0.159 e. The molecule has 0 aliphatic heterocycles. The number of nitrogens with zero attached hydrogens (tertiary/aromatic N) is 2. The lowest BCUT2D eigenvalue weighted by atomic mass is 10.0. The standard InChI is InChI=1S/C22H26N2O2/c1-5-24(16(3)19-9-7-18(14-23)8-10-19)15-21-13-20(17(4)25)11-12-22(21)26-6-2/h7-13,16H,5-6,15H2,1-4H3. The van der Waals surface area contributed by atoms with Crippen LogP contribution in [-0.2, 0) is 6.54 Å². The van der Waals surface area contributed by atoms with E-state index in [9.17, 15) is 4.79 Å². The molecule has 1 unspecified atom stereocenters. The van der Waals surface area contributed by atoms with Gasteiger partial charge < -0.3 is 4.74 Å². The van der Waals surface area contributed by atoms with Gasteiger partial charge in [0.15, 0.2) is 5.78 Å². The summed E-state index contributed by atoms with van der Waals surface area (Å²) in [5.41, 5.74) is 3.54. The molecule has 0 spiro atoms. The number of benzene rings is 2. The summed E-state index contributed by atoms with van der Waals surface area (Å²) in [4.78, 5) is 14.1. The van der Waals surface area contributed by atoms with Crippen LogP contribution in [-0.4, -0.2) is 23.8 Å². The molecule has 2 rings (SSSR count). The fraction of sp³-hybridized carbons (Fsp3) is 0.364. The molecule has 1 atom stereocenters. The average molecular weight is 350 g/mol. The van der Waals surface area contributed by atoms with Crippen LogP contribution in [0, 0.1) is 11.3 Å². The lowest BCUT2D eigenvalue weighted by molar-refractivity contribution is 0.101. The van der Waals surface area contributed by atoms with Gasteiger partial charge in [-0.2, -0.15) is 5.26 Å². The van der Waals surface area contributed by atoms with Crippen molar-refractivity contribution in [3.8, 4) is 11.8 Å². The first kappa shape index (κ1) is 19.7. The fourth-order valence-corrected chi connectivity index (χ4v) is 3.01. The molecule has 2 aromatic carbocycles. The lowest BCUT2D eigenvalue weighted by Crippen LogP contribution is -2.26. The van der Waals surface area contributed by atoms with Crippen LogP contribution in [0.4, 0.5) is 0 Å². The van der Waals surface area contributed by atoms with Crippen LogP contribution in [0.1, 0.15) is 60.8 Å². The summed E-state index contributed by atoms with van der Waals surface area (Å²) >= 11 is 0. The Bertz CT molecular complexity index is 791. The van der Waals surface area contributed by atoms with Crippen LogP contribution in [0.2, 0.25) is 0 Å². The summed E-state index contributed by atoms with van der Waals surface area (Å²) in [6.45, 7) is 9.94. The van der Waals surface area contributed by atoms with Gasteiger partial charge in [-0.25, -0.2) is 0 Å². The molecule has 26 heavy (non-hydrogen) atoms. The van der Waals surface area contributed by atoms with Crippen molar-refractivity contribution >= 4 is 5.78 Å². The molecule has 0 amide bonds. The van der Waals surface area contributed by atoms with E-state index in [4.69, 9.17) is 10.00 Å². The van der Waals surface area contributed by atoms with Crippen LogP contribution >= 0.6 is 0 Å². The highest BCUT2D eigenvalue weighted by Crippen LogP contribution is 2.27. The number of ketones is 1. The van der Waals surface area contributed by atoms with Gasteiger partial charge in [-0.1, -0.05) is 19.1 Å². The van der Waals surface area contributed by atoms with E-state index >= 15 is 0 Å². The van der Waals surface area contributed by atoms with Crippen LogP contribution in [0.5, 0.6) is 5.75 Å². The maximum Gasteiger partial charge on any atom is 0.159 e. The van der Waals surface area contributed by atoms with Crippen molar-refractivity contribution < 1.29 is 9.53 Å². The van der Waals surface area contributed by atoms with Gasteiger partial charge in [0, 0.05) is 23.7 Å². The van der Waals surface area contributed by atoms with Crippen LogP contribution in [0.25, 0.3) is 0 Å². The molecule has 136 valence electrons. The summed E-state index contributed by atoms with van der Waals surface area (Å²) in [5, 5.41) is 8.97. The normalized spacial score (nSPS) is 11.8. The van der Waals surface area contributed by atoms with Gasteiger partial charge in [0.05, 0.1) is 18.2 Å². The number of nitriles is 1. The third-order valence-electron chi connectivity index (χ3n) is 4.62. The Morgan fingerprint density at radius 1 is 1.19 bits per heavy atom. The summed E-state index contributed by atoms with van der Waals surface area (Å²) in [5.74, 6) is 0.875. The van der Waals surface area contributed by atoms with Crippen molar-refractivity contribution in [2.45, 2.75) is 40.3 Å². The summed E-state index contributed by atoms with van der Waals surface area (Å²) < 4.78 is 5.76. The maximum atomic E-state index is 11.8. The predicted octanol–water partition coefficient (Wildman–Crippen LogP) is 4.74. The average Bonchev–Trinajstić information content (AvgIpc) is 2.66. The lowest BCUT2D eigenvalue weighted by Gasteiger charge is -2.29. The minimum atomic E-state index is 0.0532. The van der Waals surface area contributed by atoms with Crippen LogP contribution in [0.15, 0.2) is 42.5 Å². The molecule has 0 saturated heterocycles. The predicted molar refractivity (Wildman–Crippen MR) is 103 cm³/mol. The van der Waals surface area contributed by atoms with Crippen LogP contribution < -0.4 is 4.74 Å². The third-order valence-corrected chi connectivity index (χ3v) is 4.62. The minimum Gasteiger partial charge on any atom is -0.494 e. The Kier molecular flexibility index (Phi) is 6.94. The number of rotatable bonds is 8. The second kappa shape index (κ2) is 9.17. The summed E-state index contributed by atoms with van der Waals surface area (Å²) in [7, 11) is 0. The molecule has 0 radical (unpaired) electrons. The van der Waals surface area contributed by atoms with E-state index in [1.165, 1.54) is 0 Å². The monoisotopic (exact) mass is 350 g/mol. The molecule has 0 saturated carbocycles. The molecule has 2 aromatic rings. The minimum absolute atomic E-state index is 0.0532. The second-order valence-electron chi connectivity index (χ2n) is 6.28. The van der Waals surface area contributed by atoms with Crippen molar-refractivity contribution in [1.82, 2.24) is 4.90 Å². The first-order valence-corrected chi connectivity index (χ1v) is 9.00. The van der Waals surface area contributed by atoms with E-state index in [0.29, 0.717) is 24.3 Å². The van der Waals surface area contributed by atoms with Gasteiger partial charge in [-0.05, 0) is 63.2 Å². The number of ether oxygens (including phenoxy) is 1. The number of carbonyl (C=O) groups is 1. The second-order valence-corrected chi connectivity index (χ2v) is 6.28. The zero-order valence-electron chi connectivity index (χ0n) is 16.0. The molecule has 4 nitrogen and oxygen atoms in total. The molecule has 0 aliphatic rings. The Morgan fingerprint density at radius 3 is 2.42 bits per heavy atom. The number of hydrogen-bond acceptors (Lipinski definition) is 4. The quantitative estimate of drug-likeness (QED) is 0.645. The number of carbonyl (C=O) groups excluding carboxylic acids is 1. The zero-order valence-corrected chi connectivity index (χ0v) is 16.0. The Hall–Kier alpha value is -2.64. The molecule has 0 heterocycles. The van der Waals surface area contributed by atoms with Crippen LogP contribution in [0.3, 0.4) is 0 Å². The highest BCUT2D eigenvalue weighted by molar-refractivity contribution is 5.94. The summed E-state index contributed by atoms with van der Waals surface area (Å²) in [6, 6.07) is 15.7. The van der Waals surface area contributed by atoms with E-state index in [1.54, 1.807) is 6.92 Å². The van der Waals surface area contributed by atoms with Crippen molar-refractivity contribution in [2.75, 3.05) is 13.2 Å². The van der Waals surface area contributed by atoms with Crippen molar-refractivity contribution in [1.29, 1.82) is 5.26 Å². The van der Waals surface area contributed by atoms with E-state index in [2.05, 4.69) is 24.8 Å². The van der Waals surface area contributed by atoms with E-state index < -0.39 is 0 Å². The first-order chi connectivity index (χ1) is 12.5. The van der Waals surface area contributed by atoms with Gasteiger partial charge in [-0.3, -0.25) is 9.69 Å². The zero-order chi connectivity index (χ0) is 19.1. The Morgan fingerprint density at radius 2 is 1.88 bits per heavy atom. The Balaban J connectivity index is 2.28. The molecular weight excluding hydrogens is 324 g/mol. The molecule has 0 aliphatic carbocycles. The number of hydrogen-bond donors (Lipinski definition) is 0. The Labute approximate surface area is 156 Å². The molecular formula is C22H26N2O2. The van der Waals surface area contributed by atoms with Crippen molar-refractivity contribution in [2.24, 2.45) is 0 Å². The maximum absolute atomic E-state index is 11.8. The van der Waals surface area contributed by atoms with E-state index in [-0.39, 0.29) is 11.8 Å². The third kappa shape index (κ3) is 4.71. The van der Waals surface area contributed by atoms with E-state index in [0.717, 1.165) is 23.4 Å². The van der Waals surface area contributed by atoms with Gasteiger partial charge in [0.2, 0.25) is 0 Å². The molecule has 4 heteroatoms. The first-order valence-electron chi connectivity index (χ1n) is 9.00. The molecule has 0 fully saturated rings. The number of Topliss-reactive ketones (excluding diaryl/α,β-unsaturated/α-hetero) is 1. The van der Waals surface area contributed by atoms with Gasteiger partial charge >= 0.3 is 0 Å². The SMILES string of the molecule is CCOc1ccc(C(C)=O)cc1CN(CC)C(C)c1ccc(C#N)cc1. The molecule has 0 bridgehead atoms. The summed E-state index contributed by atoms with van der Waals surface area (Å²) in [6.07, 6.45) is 0. The van der Waals surface area contributed by atoms with Gasteiger partial charge in [0.1, 0.15) is 5.75 Å². The molecule has 0 aromatic heterocycles. The van der Waals surface area contributed by atoms with Crippen molar-refractivity contribution in [3.05, 3.63) is 64.7 Å². The highest BCUT2D eigenvalue weighted by Gasteiger charge is 2.17. The molecule has 0 N–H and O–H groups in total. The largest absolute Gasteiger partial charge is 0.494 e. The fourth-order valence-electron chi connectivity index (χ4n) is 3.01.